The fourth-order valence-corrected chi connectivity index (χ4v) is 2.93. The molecule has 0 aliphatic carbocycles. The molecule has 0 saturated carbocycles. The summed E-state index contributed by atoms with van der Waals surface area (Å²) in [6, 6.07) is 9.40. The maximum absolute atomic E-state index is 12.4. The maximum atomic E-state index is 12.4. The molecular weight excluding hydrogens is 271 g/mol. The van der Waals surface area contributed by atoms with Gasteiger partial charge in [0.05, 0.1) is 11.3 Å². The standard InChI is InChI=1S/C15H13N2O2P/c1-9-7-10(2)16-13(9)8-12-11-5-3-4-6-14(11)17(20-19)15(12)18/h3-8,16H,1-2H3/b12-8-. The molecule has 2 aromatic rings. The quantitative estimate of drug-likeness (QED) is 0.675. The number of nitrogens with one attached hydrogen (secondary N) is 1. The van der Waals surface area contributed by atoms with Gasteiger partial charge < -0.3 is 4.98 Å². The molecular formula is C15H13N2O2P. The zero-order valence-corrected chi connectivity index (χ0v) is 12.1. The van der Waals surface area contributed by atoms with Crippen molar-refractivity contribution in [3.05, 3.63) is 52.8 Å². The van der Waals surface area contributed by atoms with Crippen molar-refractivity contribution in [2.75, 3.05) is 4.67 Å². The summed E-state index contributed by atoms with van der Waals surface area (Å²) < 4.78 is 12.5. The summed E-state index contributed by atoms with van der Waals surface area (Å²) in [5, 5.41) is 0. The normalized spacial score (nSPS) is 16.2. The third kappa shape index (κ3) is 1.89. The SMILES string of the molecule is Cc1cc(C)c(/C=C2\C(=O)N(P=O)c3ccccc32)[nH]1. The first kappa shape index (κ1) is 12.8. The number of aromatic nitrogens is 1. The highest BCUT2D eigenvalue weighted by Crippen LogP contribution is 2.40. The summed E-state index contributed by atoms with van der Waals surface area (Å²) in [5.41, 5.74) is 5.10. The Kier molecular flexibility index (Phi) is 3.03. The number of amides is 1. The Morgan fingerprint density at radius 2 is 2.00 bits per heavy atom. The molecule has 0 bridgehead atoms. The Morgan fingerprint density at radius 1 is 1.25 bits per heavy atom. The minimum absolute atomic E-state index is 0.241. The third-order valence-corrected chi connectivity index (χ3v) is 3.97. The number of anilines is 1. The fraction of sp³-hybridized carbons (Fsp3) is 0.133. The van der Waals surface area contributed by atoms with Crippen molar-refractivity contribution in [3.63, 3.8) is 0 Å². The van der Waals surface area contributed by atoms with Gasteiger partial charge in [-0.25, -0.2) is 9.24 Å². The van der Waals surface area contributed by atoms with Crippen molar-refractivity contribution < 1.29 is 9.36 Å². The number of carbonyl (C=O) groups is 1. The number of benzene rings is 1. The molecule has 1 aromatic carbocycles. The van der Waals surface area contributed by atoms with Crippen LogP contribution >= 0.6 is 8.61 Å². The number of fused-ring (bicyclic) bond motifs is 1. The minimum atomic E-state index is -0.310. The van der Waals surface area contributed by atoms with E-state index in [9.17, 15) is 9.36 Å². The number of nitrogens with zero attached hydrogens (tertiary/aromatic N) is 1. The van der Waals surface area contributed by atoms with Gasteiger partial charge in [0.15, 0.2) is 0 Å². The number of aromatic amines is 1. The second-order valence-corrected chi connectivity index (χ2v) is 5.39. The van der Waals surface area contributed by atoms with Gasteiger partial charge in [-0.1, -0.05) is 18.2 Å². The molecule has 0 fully saturated rings. The first-order valence-electron chi connectivity index (χ1n) is 6.27. The van der Waals surface area contributed by atoms with Crippen LogP contribution in [0.25, 0.3) is 11.6 Å². The molecule has 0 unspecified atom stereocenters. The van der Waals surface area contributed by atoms with Gasteiger partial charge in [-0.05, 0) is 37.6 Å². The van der Waals surface area contributed by atoms with Crippen LogP contribution in [0.5, 0.6) is 0 Å². The number of carbonyl (C=O) groups excluding carboxylic acids is 1. The lowest BCUT2D eigenvalue weighted by Crippen LogP contribution is -2.14. The van der Waals surface area contributed by atoms with Crippen LogP contribution in [-0.2, 0) is 9.36 Å². The number of para-hydroxylation sites is 1. The molecule has 2 heterocycles. The van der Waals surface area contributed by atoms with Crippen LogP contribution in [0.3, 0.4) is 0 Å². The molecule has 0 radical (unpaired) electrons. The Hall–Kier alpha value is -2.19. The number of rotatable bonds is 2. The van der Waals surface area contributed by atoms with E-state index >= 15 is 0 Å². The van der Waals surface area contributed by atoms with Gasteiger partial charge in [-0.3, -0.25) is 4.79 Å². The van der Waals surface area contributed by atoms with E-state index in [1.165, 1.54) is 4.67 Å². The van der Waals surface area contributed by atoms with Gasteiger partial charge in [-0.2, -0.15) is 0 Å². The summed E-state index contributed by atoms with van der Waals surface area (Å²) in [4.78, 5) is 15.6. The molecule has 100 valence electrons. The van der Waals surface area contributed by atoms with Crippen LogP contribution in [0.1, 0.15) is 22.5 Å². The van der Waals surface area contributed by atoms with Crippen LogP contribution in [0.15, 0.2) is 30.3 Å². The summed E-state index contributed by atoms with van der Waals surface area (Å²) in [5.74, 6) is -0.241. The molecule has 20 heavy (non-hydrogen) atoms. The van der Waals surface area contributed by atoms with Crippen LogP contribution in [-0.4, -0.2) is 10.9 Å². The first-order chi connectivity index (χ1) is 9.61. The predicted octanol–water partition coefficient (Wildman–Crippen LogP) is 3.73. The highest BCUT2D eigenvalue weighted by molar-refractivity contribution is 7.28. The number of aryl methyl sites for hydroxylation is 2. The zero-order valence-electron chi connectivity index (χ0n) is 11.2. The van der Waals surface area contributed by atoms with E-state index in [2.05, 4.69) is 4.98 Å². The van der Waals surface area contributed by atoms with Crippen molar-refractivity contribution >= 4 is 31.9 Å². The average Bonchev–Trinajstić information content (AvgIpc) is 2.88. The van der Waals surface area contributed by atoms with Gasteiger partial charge in [0.2, 0.25) is 0 Å². The molecule has 1 N–H and O–H groups in total. The van der Waals surface area contributed by atoms with E-state index in [0.717, 1.165) is 22.5 Å². The highest BCUT2D eigenvalue weighted by Gasteiger charge is 2.32. The Morgan fingerprint density at radius 3 is 2.65 bits per heavy atom. The summed E-state index contributed by atoms with van der Waals surface area (Å²) in [6.45, 7) is 3.97. The molecule has 5 heteroatoms. The van der Waals surface area contributed by atoms with Gasteiger partial charge in [0.1, 0.15) is 0 Å². The number of hydrogen-bond acceptors (Lipinski definition) is 2. The molecule has 0 atom stereocenters. The zero-order chi connectivity index (χ0) is 14.3. The van der Waals surface area contributed by atoms with Gasteiger partial charge in [0, 0.05) is 17.0 Å². The van der Waals surface area contributed by atoms with E-state index in [1.807, 2.05) is 44.2 Å². The molecule has 1 amide bonds. The van der Waals surface area contributed by atoms with Crippen molar-refractivity contribution in [3.8, 4) is 0 Å². The molecule has 0 spiro atoms. The van der Waals surface area contributed by atoms with Crippen LogP contribution in [0, 0.1) is 13.8 Å². The van der Waals surface area contributed by atoms with Crippen molar-refractivity contribution in [1.29, 1.82) is 0 Å². The summed E-state index contributed by atoms with van der Waals surface area (Å²) in [7, 11) is -0.310. The molecule has 4 nitrogen and oxygen atoms in total. The molecule has 1 aliphatic heterocycles. The van der Waals surface area contributed by atoms with E-state index in [4.69, 9.17) is 0 Å². The van der Waals surface area contributed by atoms with Gasteiger partial charge >= 0.3 is 0 Å². The van der Waals surface area contributed by atoms with Crippen molar-refractivity contribution in [2.24, 2.45) is 0 Å². The fourth-order valence-electron chi connectivity index (χ4n) is 2.49. The smallest absolute Gasteiger partial charge is 0.289 e. The van der Waals surface area contributed by atoms with E-state index in [0.29, 0.717) is 11.3 Å². The minimum Gasteiger partial charge on any atom is -0.359 e. The maximum Gasteiger partial charge on any atom is 0.289 e. The van der Waals surface area contributed by atoms with E-state index in [1.54, 1.807) is 6.07 Å². The molecule has 0 saturated heterocycles. The van der Waals surface area contributed by atoms with E-state index in [-0.39, 0.29) is 14.5 Å². The van der Waals surface area contributed by atoms with Crippen molar-refractivity contribution in [1.82, 2.24) is 4.98 Å². The largest absolute Gasteiger partial charge is 0.359 e. The number of hydrogen-bond donors (Lipinski definition) is 1. The van der Waals surface area contributed by atoms with Gasteiger partial charge in [-0.15, -0.1) is 0 Å². The lowest BCUT2D eigenvalue weighted by Gasteiger charge is -2.04. The summed E-state index contributed by atoms with van der Waals surface area (Å²) >= 11 is 0. The Balaban J connectivity index is 2.17. The van der Waals surface area contributed by atoms with Crippen LogP contribution < -0.4 is 4.67 Å². The van der Waals surface area contributed by atoms with E-state index < -0.39 is 0 Å². The van der Waals surface area contributed by atoms with Gasteiger partial charge in [0.25, 0.3) is 14.5 Å². The molecule has 1 aliphatic rings. The Labute approximate surface area is 118 Å². The van der Waals surface area contributed by atoms with Crippen molar-refractivity contribution in [2.45, 2.75) is 13.8 Å². The molecule has 3 rings (SSSR count). The predicted molar refractivity (Wildman–Crippen MR) is 79.7 cm³/mol. The second kappa shape index (κ2) is 4.73. The Bertz CT molecular complexity index is 746. The monoisotopic (exact) mass is 284 g/mol. The van der Waals surface area contributed by atoms with Crippen LogP contribution in [0.2, 0.25) is 0 Å². The third-order valence-electron chi connectivity index (χ3n) is 3.41. The lowest BCUT2D eigenvalue weighted by atomic mass is 10.1. The highest BCUT2D eigenvalue weighted by atomic mass is 31.1. The van der Waals surface area contributed by atoms with Crippen LogP contribution in [0.4, 0.5) is 5.69 Å². The summed E-state index contributed by atoms with van der Waals surface area (Å²) in [6.07, 6.45) is 1.83. The first-order valence-corrected chi connectivity index (χ1v) is 7.03. The average molecular weight is 284 g/mol. The second-order valence-electron chi connectivity index (χ2n) is 4.82. The topological polar surface area (TPSA) is 53.2 Å². The lowest BCUT2D eigenvalue weighted by molar-refractivity contribution is -0.111. The number of H-pyrrole nitrogens is 1. The molecule has 1 aromatic heterocycles.